The van der Waals surface area contributed by atoms with E-state index in [4.69, 9.17) is 21.1 Å². The van der Waals surface area contributed by atoms with Crippen molar-refractivity contribution in [1.29, 1.82) is 0 Å². The molecule has 6 nitrogen and oxygen atoms in total. The molecule has 0 atom stereocenters. The van der Waals surface area contributed by atoms with Crippen LogP contribution in [0.1, 0.15) is 0 Å². The molecule has 0 radical (unpaired) electrons. The minimum absolute atomic E-state index is 0.00322. The number of alkyl halides is 1. The van der Waals surface area contributed by atoms with E-state index in [1.807, 2.05) is 12.1 Å². The van der Waals surface area contributed by atoms with E-state index in [1.165, 1.54) is 7.11 Å². The molecule has 1 heterocycles. The second-order valence-electron chi connectivity index (χ2n) is 6.12. The molecule has 0 spiro atoms. The number of hydrogen-bond acceptors (Lipinski definition) is 5. The minimum atomic E-state index is -3.81. The number of para-hydroxylation sites is 1. The summed E-state index contributed by atoms with van der Waals surface area (Å²) < 4.78 is 37.4. The lowest BCUT2D eigenvalue weighted by Crippen LogP contribution is -2.03. The lowest BCUT2D eigenvalue weighted by molar-refractivity contribution is 0.339. The summed E-state index contributed by atoms with van der Waals surface area (Å²) in [6.07, 6.45) is 0. The van der Waals surface area contributed by atoms with Crippen LogP contribution in [0, 0.1) is 0 Å². The highest BCUT2D eigenvalue weighted by molar-refractivity contribution is 7.91. The molecule has 0 bridgehead atoms. The summed E-state index contributed by atoms with van der Waals surface area (Å²) in [6, 6.07) is 15.5. The van der Waals surface area contributed by atoms with Crippen LogP contribution in [-0.4, -0.2) is 38.2 Å². The van der Waals surface area contributed by atoms with E-state index in [2.05, 4.69) is 10.2 Å². The van der Waals surface area contributed by atoms with Crippen LogP contribution >= 0.6 is 11.6 Å². The van der Waals surface area contributed by atoms with Gasteiger partial charge in [-0.3, -0.25) is 5.10 Å². The van der Waals surface area contributed by atoms with Gasteiger partial charge in [0.2, 0.25) is 9.84 Å². The molecular formula is C20H17ClN2O4S. The molecule has 3 aromatic carbocycles. The molecule has 1 N–H and O–H groups in total. The Kier molecular flexibility index (Phi) is 4.87. The number of aromatic amines is 1. The average Bonchev–Trinajstić information content (AvgIpc) is 3.16. The summed E-state index contributed by atoms with van der Waals surface area (Å²) in [4.78, 5) is 0.143. The third-order valence-electron chi connectivity index (χ3n) is 4.43. The van der Waals surface area contributed by atoms with Gasteiger partial charge in [0.15, 0.2) is 5.03 Å². The monoisotopic (exact) mass is 416 g/mol. The topological polar surface area (TPSA) is 81.3 Å². The first-order valence-corrected chi connectivity index (χ1v) is 10.5. The highest BCUT2D eigenvalue weighted by Gasteiger charge is 2.24. The van der Waals surface area contributed by atoms with Crippen LogP contribution in [0.3, 0.4) is 0 Å². The van der Waals surface area contributed by atoms with Gasteiger partial charge >= 0.3 is 0 Å². The first-order valence-electron chi connectivity index (χ1n) is 8.53. The number of methoxy groups -OCH3 is 1. The molecule has 28 heavy (non-hydrogen) atoms. The molecule has 0 aliphatic carbocycles. The van der Waals surface area contributed by atoms with Crippen LogP contribution in [-0.2, 0) is 9.84 Å². The summed E-state index contributed by atoms with van der Waals surface area (Å²) in [6.45, 7) is 0.370. The molecule has 0 saturated heterocycles. The van der Waals surface area contributed by atoms with Crippen LogP contribution in [0.15, 0.2) is 64.5 Å². The number of nitrogens with zero attached hydrogens (tertiary/aromatic N) is 1. The highest BCUT2D eigenvalue weighted by atomic mass is 35.5. The van der Waals surface area contributed by atoms with Crippen molar-refractivity contribution < 1.29 is 17.9 Å². The molecule has 4 aromatic rings. The maximum absolute atomic E-state index is 13.2. The Morgan fingerprint density at radius 1 is 1.07 bits per heavy atom. The SMILES string of the molecule is COc1cc(OCCCl)cc2ccc(S(=O)(=O)c3n[nH]c4ccccc34)cc12. The predicted octanol–water partition coefficient (Wildman–Crippen LogP) is 4.18. The lowest BCUT2D eigenvalue weighted by Gasteiger charge is -2.11. The number of benzene rings is 3. The van der Waals surface area contributed by atoms with E-state index < -0.39 is 9.84 Å². The van der Waals surface area contributed by atoms with E-state index in [1.54, 1.807) is 42.5 Å². The Hall–Kier alpha value is -2.77. The van der Waals surface area contributed by atoms with E-state index in [9.17, 15) is 8.42 Å². The van der Waals surface area contributed by atoms with Crippen molar-refractivity contribution in [1.82, 2.24) is 10.2 Å². The quantitative estimate of drug-likeness (QED) is 0.477. The maximum Gasteiger partial charge on any atom is 0.226 e. The fraction of sp³-hybridized carbons (Fsp3) is 0.150. The number of fused-ring (bicyclic) bond motifs is 2. The van der Waals surface area contributed by atoms with Gasteiger partial charge < -0.3 is 9.47 Å². The van der Waals surface area contributed by atoms with E-state index in [0.29, 0.717) is 40.3 Å². The Balaban J connectivity index is 1.85. The number of rotatable bonds is 6. The number of hydrogen-bond donors (Lipinski definition) is 1. The molecule has 0 unspecified atom stereocenters. The fourth-order valence-electron chi connectivity index (χ4n) is 3.11. The summed E-state index contributed by atoms with van der Waals surface area (Å²) in [7, 11) is -2.28. The van der Waals surface area contributed by atoms with Crippen LogP contribution in [0.5, 0.6) is 11.5 Å². The molecular weight excluding hydrogens is 400 g/mol. The van der Waals surface area contributed by atoms with Crippen molar-refractivity contribution in [3.63, 3.8) is 0 Å². The van der Waals surface area contributed by atoms with Gasteiger partial charge in [-0.25, -0.2) is 8.42 Å². The third-order valence-corrected chi connectivity index (χ3v) is 6.28. The molecule has 4 rings (SSSR count). The summed E-state index contributed by atoms with van der Waals surface area (Å²) >= 11 is 5.67. The second-order valence-corrected chi connectivity index (χ2v) is 8.37. The third kappa shape index (κ3) is 3.16. The Labute approximate surface area is 166 Å². The normalized spacial score (nSPS) is 11.8. The van der Waals surface area contributed by atoms with Crippen molar-refractivity contribution in [2.45, 2.75) is 9.92 Å². The summed E-state index contributed by atoms with van der Waals surface area (Å²) in [5.41, 5.74) is 0.667. The Morgan fingerprint density at radius 3 is 2.68 bits per heavy atom. The molecule has 1 aromatic heterocycles. The second kappa shape index (κ2) is 7.33. The molecule has 8 heteroatoms. The van der Waals surface area contributed by atoms with Gasteiger partial charge in [0, 0.05) is 16.8 Å². The first kappa shape index (κ1) is 18.6. The van der Waals surface area contributed by atoms with Gasteiger partial charge in [0.25, 0.3) is 0 Å². The van der Waals surface area contributed by atoms with Crippen molar-refractivity contribution in [2.75, 3.05) is 19.6 Å². The van der Waals surface area contributed by atoms with Gasteiger partial charge in [0.05, 0.1) is 23.4 Å². The zero-order valence-corrected chi connectivity index (χ0v) is 16.5. The summed E-state index contributed by atoms with van der Waals surface area (Å²) in [5, 5.41) is 8.83. The van der Waals surface area contributed by atoms with Crippen LogP contribution in [0.4, 0.5) is 0 Å². The van der Waals surface area contributed by atoms with Crippen molar-refractivity contribution >= 4 is 43.1 Å². The van der Waals surface area contributed by atoms with Gasteiger partial charge in [-0.15, -0.1) is 11.6 Å². The highest BCUT2D eigenvalue weighted by Crippen LogP contribution is 2.34. The van der Waals surface area contributed by atoms with Gasteiger partial charge in [-0.2, -0.15) is 5.10 Å². The van der Waals surface area contributed by atoms with Gasteiger partial charge in [-0.1, -0.05) is 18.2 Å². The molecule has 0 aliphatic heterocycles. The molecule has 0 saturated carbocycles. The first-order chi connectivity index (χ1) is 13.5. The van der Waals surface area contributed by atoms with Gasteiger partial charge in [-0.05, 0) is 35.7 Å². The zero-order valence-electron chi connectivity index (χ0n) is 15.0. The van der Waals surface area contributed by atoms with E-state index in [-0.39, 0.29) is 9.92 Å². The Morgan fingerprint density at radius 2 is 1.89 bits per heavy atom. The minimum Gasteiger partial charge on any atom is -0.496 e. The smallest absolute Gasteiger partial charge is 0.226 e. The van der Waals surface area contributed by atoms with Gasteiger partial charge in [0.1, 0.15) is 18.1 Å². The largest absolute Gasteiger partial charge is 0.496 e. The molecule has 0 aliphatic rings. The lowest BCUT2D eigenvalue weighted by atomic mass is 10.1. The molecule has 144 valence electrons. The van der Waals surface area contributed by atoms with E-state index in [0.717, 1.165) is 5.39 Å². The number of nitrogens with one attached hydrogen (secondary N) is 1. The van der Waals surface area contributed by atoms with Crippen molar-refractivity contribution in [2.24, 2.45) is 0 Å². The average molecular weight is 417 g/mol. The van der Waals surface area contributed by atoms with Crippen LogP contribution < -0.4 is 9.47 Å². The number of sulfone groups is 1. The number of H-pyrrole nitrogens is 1. The fourth-order valence-corrected chi connectivity index (χ4v) is 4.56. The number of ether oxygens (including phenoxy) is 2. The molecule has 0 fully saturated rings. The van der Waals surface area contributed by atoms with Crippen molar-refractivity contribution in [3.8, 4) is 11.5 Å². The summed E-state index contributed by atoms with van der Waals surface area (Å²) in [5.74, 6) is 1.50. The van der Waals surface area contributed by atoms with Crippen LogP contribution in [0.25, 0.3) is 21.7 Å². The predicted molar refractivity (Wildman–Crippen MR) is 108 cm³/mol. The zero-order chi connectivity index (χ0) is 19.7. The maximum atomic E-state index is 13.2. The molecule has 0 amide bonds. The number of halogens is 1. The number of aromatic nitrogens is 2. The van der Waals surface area contributed by atoms with Crippen molar-refractivity contribution in [3.05, 3.63) is 54.6 Å². The van der Waals surface area contributed by atoms with E-state index >= 15 is 0 Å². The standard InChI is InChI=1S/C20H17ClN2O4S/c1-26-19-11-14(27-9-8-21)10-13-6-7-15(12-17(13)19)28(24,25)20-16-4-2-3-5-18(16)22-23-20/h2-7,10-12H,8-9H2,1H3,(H,22,23). The Bertz CT molecular complexity index is 1270. The van der Waals surface area contributed by atoms with Crippen LogP contribution in [0.2, 0.25) is 0 Å².